The van der Waals surface area contributed by atoms with E-state index in [1.54, 1.807) is 18.5 Å². The summed E-state index contributed by atoms with van der Waals surface area (Å²) in [5.74, 6) is -2.41. The summed E-state index contributed by atoms with van der Waals surface area (Å²) in [5, 5.41) is 0. The van der Waals surface area contributed by atoms with E-state index in [1.165, 1.54) is 16.5 Å². The zero-order valence-electron chi connectivity index (χ0n) is 15.0. The van der Waals surface area contributed by atoms with Gasteiger partial charge in [-0.2, -0.15) is 0 Å². The molecule has 0 atom stereocenters. The maximum absolute atomic E-state index is 14.1. The Bertz CT molecular complexity index is 891. The van der Waals surface area contributed by atoms with Crippen LogP contribution in [0.25, 0.3) is 0 Å². The number of carbonyl (C=O) groups excluding carboxylic acids is 1. The van der Waals surface area contributed by atoms with E-state index in [4.69, 9.17) is 0 Å². The number of benzene rings is 2. The molecule has 3 nitrogen and oxygen atoms in total. The molecule has 0 unspecified atom stereocenters. The van der Waals surface area contributed by atoms with Gasteiger partial charge in [0, 0.05) is 25.5 Å². The van der Waals surface area contributed by atoms with Crippen molar-refractivity contribution in [2.75, 3.05) is 0 Å². The second-order valence-corrected chi connectivity index (χ2v) is 6.29. The van der Waals surface area contributed by atoms with Gasteiger partial charge in [-0.1, -0.05) is 43.3 Å². The van der Waals surface area contributed by atoms with Gasteiger partial charge >= 0.3 is 0 Å². The standard InChI is InChI=1S/C22H20F2N2O/c1-2-16-8-10-17(11-9-16)14-26(15-18-5-4-12-25-13-18)22(27)21-19(23)6-3-7-20(21)24/h3-13H,2,14-15H2,1H3. The van der Waals surface area contributed by atoms with E-state index in [1.807, 2.05) is 30.3 Å². The van der Waals surface area contributed by atoms with Crippen LogP contribution < -0.4 is 0 Å². The van der Waals surface area contributed by atoms with Crippen LogP contribution in [0.4, 0.5) is 8.78 Å². The summed E-state index contributed by atoms with van der Waals surface area (Å²) in [4.78, 5) is 18.4. The smallest absolute Gasteiger partial charge is 0.260 e. The van der Waals surface area contributed by atoms with E-state index in [2.05, 4.69) is 11.9 Å². The molecule has 1 heterocycles. The highest BCUT2D eigenvalue weighted by atomic mass is 19.1. The van der Waals surface area contributed by atoms with Crippen LogP contribution in [0.15, 0.2) is 67.0 Å². The fourth-order valence-corrected chi connectivity index (χ4v) is 2.87. The Balaban J connectivity index is 1.92. The van der Waals surface area contributed by atoms with Crippen LogP contribution in [0.3, 0.4) is 0 Å². The van der Waals surface area contributed by atoms with Crippen molar-refractivity contribution in [1.29, 1.82) is 0 Å². The summed E-state index contributed by atoms with van der Waals surface area (Å²) >= 11 is 0. The molecule has 3 rings (SSSR count). The van der Waals surface area contributed by atoms with E-state index < -0.39 is 23.1 Å². The maximum atomic E-state index is 14.1. The normalized spacial score (nSPS) is 10.6. The maximum Gasteiger partial charge on any atom is 0.260 e. The van der Waals surface area contributed by atoms with Gasteiger partial charge in [0.05, 0.1) is 0 Å². The van der Waals surface area contributed by atoms with Crippen LogP contribution in [0.5, 0.6) is 0 Å². The Morgan fingerprint density at radius 3 is 2.11 bits per heavy atom. The highest BCUT2D eigenvalue weighted by Gasteiger charge is 2.23. The molecule has 5 heteroatoms. The molecule has 0 aliphatic rings. The average Bonchev–Trinajstić information content (AvgIpc) is 2.68. The Kier molecular flexibility index (Phi) is 5.91. The first-order valence-corrected chi connectivity index (χ1v) is 8.78. The molecule has 0 spiro atoms. The molecule has 0 aliphatic heterocycles. The molecule has 138 valence electrons. The van der Waals surface area contributed by atoms with Gasteiger partial charge in [-0.3, -0.25) is 9.78 Å². The lowest BCUT2D eigenvalue weighted by Crippen LogP contribution is -2.31. The van der Waals surface area contributed by atoms with Gasteiger partial charge < -0.3 is 4.90 Å². The predicted octanol–water partition coefficient (Wildman–Crippen LogP) is 4.76. The van der Waals surface area contributed by atoms with Gasteiger partial charge in [-0.25, -0.2) is 8.78 Å². The van der Waals surface area contributed by atoms with E-state index >= 15 is 0 Å². The van der Waals surface area contributed by atoms with Crippen molar-refractivity contribution in [3.05, 3.63) is 101 Å². The summed E-state index contributed by atoms with van der Waals surface area (Å²) in [6.07, 6.45) is 4.19. The number of nitrogens with zero attached hydrogens (tertiary/aromatic N) is 2. The highest BCUT2D eigenvalue weighted by molar-refractivity contribution is 5.94. The molecule has 1 aromatic heterocycles. The third-order valence-corrected chi connectivity index (χ3v) is 4.36. The van der Waals surface area contributed by atoms with Crippen LogP contribution in [0.1, 0.15) is 34.0 Å². The first kappa shape index (κ1) is 18.7. The van der Waals surface area contributed by atoms with Crippen molar-refractivity contribution < 1.29 is 13.6 Å². The SMILES string of the molecule is CCc1ccc(CN(Cc2cccnc2)C(=O)c2c(F)cccc2F)cc1. The lowest BCUT2D eigenvalue weighted by atomic mass is 10.1. The molecule has 0 saturated heterocycles. The summed E-state index contributed by atoms with van der Waals surface area (Å²) in [6, 6.07) is 14.9. The number of carbonyl (C=O) groups is 1. The van der Waals surface area contributed by atoms with Gasteiger partial charge in [-0.15, -0.1) is 0 Å². The van der Waals surface area contributed by atoms with Crippen molar-refractivity contribution in [2.45, 2.75) is 26.4 Å². The van der Waals surface area contributed by atoms with Crippen molar-refractivity contribution in [3.8, 4) is 0 Å². The minimum Gasteiger partial charge on any atom is -0.330 e. The zero-order valence-corrected chi connectivity index (χ0v) is 15.0. The number of halogens is 2. The molecule has 3 aromatic rings. The molecule has 0 bridgehead atoms. The van der Waals surface area contributed by atoms with Gasteiger partial charge in [0.15, 0.2) is 0 Å². The molecule has 0 aliphatic carbocycles. The number of aromatic nitrogens is 1. The molecular formula is C22H20F2N2O. The summed E-state index contributed by atoms with van der Waals surface area (Å²) in [6.45, 7) is 2.51. The van der Waals surface area contributed by atoms with Crippen molar-refractivity contribution in [3.63, 3.8) is 0 Å². The second-order valence-electron chi connectivity index (χ2n) is 6.29. The molecule has 27 heavy (non-hydrogen) atoms. The van der Waals surface area contributed by atoms with Crippen molar-refractivity contribution in [2.24, 2.45) is 0 Å². The number of amides is 1. The van der Waals surface area contributed by atoms with Gasteiger partial charge in [0.25, 0.3) is 5.91 Å². The van der Waals surface area contributed by atoms with Crippen LogP contribution in [0, 0.1) is 11.6 Å². The largest absolute Gasteiger partial charge is 0.330 e. The minimum atomic E-state index is -0.863. The third-order valence-electron chi connectivity index (χ3n) is 4.36. The van der Waals surface area contributed by atoms with Crippen molar-refractivity contribution in [1.82, 2.24) is 9.88 Å². The number of aryl methyl sites for hydroxylation is 1. The Hall–Kier alpha value is -3.08. The number of pyridine rings is 1. The first-order chi connectivity index (χ1) is 13.1. The average molecular weight is 366 g/mol. The van der Waals surface area contributed by atoms with E-state index in [0.29, 0.717) is 0 Å². The molecule has 0 N–H and O–H groups in total. The first-order valence-electron chi connectivity index (χ1n) is 8.78. The number of hydrogen-bond donors (Lipinski definition) is 0. The topological polar surface area (TPSA) is 33.2 Å². The lowest BCUT2D eigenvalue weighted by Gasteiger charge is -2.23. The Morgan fingerprint density at radius 1 is 0.889 bits per heavy atom. The second kappa shape index (κ2) is 8.54. The molecular weight excluding hydrogens is 346 g/mol. The molecule has 0 fully saturated rings. The monoisotopic (exact) mass is 366 g/mol. The van der Waals surface area contributed by atoms with Gasteiger partial charge in [0.1, 0.15) is 17.2 Å². The summed E-state index contributed by atoms with van der Waals surface area (Å²) < 4.78 is 28.3. The molecule has 0 radical (unpaired) electrons. The highest BCUT2D eigenvalue weighted by Crippen LogP contribution is 2.19. The Labute approximate surface area is 157 Å². The minimum absolute atomic E-state index is 0.204. The predicted molar refractivity (Wildman–Crippen MR) is 100.0 cm³/mol. The van der Waals surface area contributed by atoms with Gasteiger partial charge in [0.2, 0.25) is 0 Å². The quantitative estimate of drug-likeness (QED) is 0.630. The van der Waals surface area contributed by atoms with Crippen LogP contribution >= 0.6 is 0 Å². The van der Waals surface area contributed by atoms with E-state index in [9.17, 15) is 13.6 Å². The van der Waals surface area contributed by atoms with Gasteiger partial charge in [-0.05, 0) is 41.3 Å². The lowest BCUT2D eigenvalue weighted by molar-refractivity contribution is 0.0720. The third kappa shape index (κ3) is 4.56. The molecule has 2 aromatic carbocycles. The van der Waals surface area contributed by atoms with Crippen molar-refractivity contribution >= 4 is 5.91 Å². The van der Waals surface area contributed by atoms with Crippen LogP contribution in [-0.4, -0.2) is 15.8 Å². The summed E-state index contributed by atoms with van der Waals surface area (Å²) in [5.41, 5.74) is 2.32. The van der Waals surface area contributed by atoms with Crippen LogP contribution in [-0.2, 0) is 19.5 Å². The summed E-state index contributed by atoms with van der Waals surface area (Å²) in [7, 11) is 0. The fourth-order valence-electron chi connectivity index (χ4n) is 2.87. The fraction of sp³-hybridized carbons (Fsp3) is 0.182. The number of hydrogen-bond acceptors (Lipinski definition) is 2. The molecule has 0 saturated carbocycles. The molecule has 1 amide bonds. The van der Waals surface area contributed by atoms with Crippen LogP contribution in [0.2, 0.25) is 0 Å². The van der Waals surface area contributed by atoms with E-state index in [0.717, 1.165) is 29.7 Å². The zero-order chi connectivity index (χ0) is 19.2. The Morgan fingerprint density at radius 2 is 1.52 bits per heavy atom. The number of rotatable bonds is 6. The van der Waals surface area contributed by atoms with E-state index in [-0.39, 0.29) is 13.1 Å².